The zero-order valence-electron chi connectivity index (χ0n) is 43.5. The molecular weight excluding hydrogens is 910 g/mol. The maximum atomic E-state index is 14.6. The van der Waals surface area contributed by atoms with Crippen LogP contribution in [0.3, 0.4) is 0 Å². The Morgan fingerprint density at radius 3 is 2.36 bits per heavy atom. The second-order valence-corrected chi connectivity index (χ2v) is 21.8. The molecule has 0 N–H and O–H groups in total. The van der Waals surface area contributed by atoms with Crippen molar-refractivity contribution in [3.63, 3.8) is 0 Å². The molecule has 301 valence electrons. The van der Waals surface area contributed by atoms with Crippen LogP contribution >= 0.6 is 0 Å². The summed E-state index contributed by atoms with van der Waals surface area (Å²) >= 11 is 0. The smallest absolute Gasteiger partial charge is 0.216 e. The molecule has 3 fully saturated rings. The van der Waals surface area contributed by atoms with Crippen LogP contribution in [0.15, 0.2) is 95.7 Å². The third kappa shape index (κ3) is 8.98. The van der Waals surface area contributed by atoms with Gasteiger partial charge in [-0.05, 0) is 90.5 Å². The van der Waals surface area contributed by atoms with Crippen LogP contribution in [0.2, 0.25) is 19.6 Å². The zero-order valence-corrected chi connectivity index (χ0v) is 36.9. The van der Waals surface area contributed by atoms with Crippen LogP contribution in [-0.4, -0.2) is 23.0 Å². The minimum Gasteiger partial charge on any atom is -0.486 e. The molecule has 3 aliphatic carbocycles. The summed E-state index contributed by atoms with van der Waals surface area (Å²) in [7, 11) is -1.89. The van der Waals surface area contributed by atoms with Gasteiger partial charge in [0.2, 0.25) is 5.71 Å². The van der Waals surface area contributed by atoms with Crippen LogP contribution in [0, 0.1) is 55.3 Å². The Bertz CT molecular complexity index is 2940. The molecule has 0 amide bonds. The van der Waals surface area contributed by atoms with Crippen molar-refractivity contribution in [1.82, 2.24) is 15.0 Å². The van der Waals surface area contributed by atoms with E-state index in [9.17, 15) is 4.39 Å². The van der Waals surface area contributed by atoms with Crippen molar-refractivity contribution >= 4 is 35.3 Å². The third-order valence-corrected chi connectivity index (χ3v) is 13.2. The number of rotatable bonds is 8. The third-order valence-electron chi connectivity index (χ3n) is 11.2. The summed E-state index contributed by atoms with van der Waals surface area (Å²) in [5, 5.41) is 1.97. The number of hydrogen-bond acceptors (Lipinski definition) is 4. The number of fused-ring (bicyclic) bond motifs is 6. The molecule has 10 rings (SSSR count). The molecule has 0 saturated heterocycles. The van der Waals surface area contributed by atoms with Gasteiger partial charge in [0.05, 0.1) is 19.4 Å². The van der Waals surface area contributed by atoms with E-state index in [4.69, 9.17) is 23.1 Å². The summed E-state index contributed by atoms with van der Waals surface area (Å²) in [4.78, 5) is 13.7. The summed E-state index contributed by atoms with van der Waals surface area (Å²) in [5.41, 5.74) is 4.80. The Morgan fingerprint density at radius 1 is 0.897 bits per heavy atom. The number of aryl methyl sites for hydroxylation is 2. The van der Waals surface area contributed by atoms with E-state index < -0.39 is 40.3 Å². The Kier molecular flexibility index (Phi) is 9.27. The normalized spacial score (nSPS) is 21.1. The molecule has 4 heterocycles. The van der Waals surface area contributed by atoms with Gasteiger partial charge in [-0.1, -0.05) is 130 Å². The Morgan fingerprint density at radius 2 is 1.67 bits per heavy atom. The number of pyridine rings is 3. The topological polar surface area (TPSA) is 51.8 Å². The molecule has 4 nitrogen and oxygen atoms in total. The molecule has 3 aliphatic rings. The van der Waals surface area contributed by atoms with Crippen molar-refractivity contribution in [2.45, 2.75) is 92.0 Å². The van der Waals surface area contributed by atoms with Gasteiger partial charge >= 0.3 is 0 Å². The molecule has 1 atom stereocenters. The molecule has 0 spiro atoms. The van der Waals surface area contributed by atoms with Gasteiger partial charge in [-0.2, -0.15) is 0 Å². The average Bonchev–Trinajstić information content (AvgIpc) is 3.67. The molecule has 7 aromatic rings. The van der Waals surface area contributed by atoms with Crippen LogP contribution < -0.4 is 5.19 Å². The van der Waals surface area contributed by atoms with E-state index in [1.807, 2.05) is 56.3 Å². The molecule has 58 heavy (non-hydrogen) atoms. The summed E-state index contributed by atoms with van der Waals surface area (Å²) in [5.74, 6) is 0.0239. The number of nitrogens with zero attached hydrogens (tertiary/aromatic N) is 3. The number of benzene rings is 3. The van der Waals surface area contributed by atoms with Gasteiger partial charge in [-0.15, -0.1) is 41.5 Å². The van der Waals surface area contributed by atoms with Crippen molar-refractivity contribution in [3.8, 4) is 33.8 Å². The number of furan rings is 1. The fraction of sp³-hybridized carbons (Fsp3) is 0.353. The molecule has 1 unspecified atom stereocenters. The molecule has 3 saturated carbocycles. The van der Waals surface area contributed by atoms with E-state index in [0.717, 1.165) is 41.8 Å². The van der Waals surface area contributed by atoms with Crippen molar-refractivity contribution < 1.29 is 42.6 Å². The maximum Gasteiger partial charge on any atom is 0.216 e. The molecule has 0 aliphatic heterocycles. The quantitative estimate of drug-likeness (QED) is 0.112. The summed E-state index contributed by atoms with van der Waals surface area (Å²) in [6.07, 6.45) is 5.77. The van der Waals surface area contributed by atoms with Crippen LogP contribution in [-0.2, 0) is 32.9 Å². The molecule has 1 radical (unpaired) electrons. The zero-order chi connectivity index (χ0) is 48.4. The fourth-order valence-electron chi connectivity index (χ4n) is 8.38. The predicted molar refractivity (Wildman–Crippen MR) is 236 cm³/mol. The van der Waals surface area contributed by atoms with Gasteiger partial charge < -0.3 is 14.4 Å². The van der Waals surface area contributed by atoms with Crippen molar-refractivity contribution in [2.75, 3.05) is 0 Å². The van der Waals surface area contributed by atoms with E-state index >= 15 is 0 Å². The van der Waals surface area contributed by atoms with E-state index in [1.54, 1.807) is 30.6 Å². The Balaban J connectivity index is 0.000000215. The SMILES string of the molecule is [2H]C([2H])([2H])c1c[c-]c(-c2cc(C([2H])([2H])C(C)C)c([Si](C)(C)C)cn2)c(F)c1.[2H]C([2H])([2H])c1c[c-]c(-c2cc(C([2H])([2H])C3CC4CCC3CC4)ccn2)c2oc3nc(-c4ccccc4)ccc3c12.[Ir]. The standard InChI is InChI=1S/C32H29N2O.C19H25FNSi.Ir/c1-20-7-12-26(29-19-22(15-16-33-29)18-25-17-21-8-10-23(25)11-9-21)31-30(20)27-13-14-28(34-32(27)35-31)24-5-3-2-4-6-24;1-13(2)9-15-11-18(21-12-19(15)22(4,5)6)16-8-7-14(3)10-17(16)20;/h2-7,13-16,19,21,23,25H,8-11,17-18H2,1H3;7,10-13H,9H2,1-6H3;/q2*-1;/i1D3,18D2;3D3,9D2;. The minimum absolute atomic E-state index is 0. The largest absolute Gasteiger partial charge is 0.486 e. The van der Waals surface area contributed by atoms with Crippen LogP contribution in [0.25, 0.3) is 55.8 Å². The second-order valence-electron chi connectivity index (χ2n) is 16.8. The van der Waals surface area contributed by atoms with Crippen molar-refractivity contribution in [1.29, 1.82) is 0 Å². The van der Waals surface area contributed by atoms with Crippen molar-refractivity contribution in [2.24, 2.45) is 23.7 Å². The average molecular weight is 974 g/mol. The van der Waals surface area contributed by atoms with E-state index in [0.29, 0.717) is 56.3 Å². The first-order valence-electron chi connectivity index (χ1n) is 24.9. The fourth-order valence-corrected chi connectivity index (χ4v) is 9.78. The first-order valence-corrected chi connectivity index (χ1v) is 23.4. The van der Waals surface area contributed by atoms with Crippen molar-refractivity contribution in [3.05, 3.63) is 131 Å². The molecule has 4 aromatic heterocycles. The van der Waals surface area contributed by atoms with Gasteiger partial charge in [0.1, 0.15) is 0 Å². The molecule has 7 heteroatoms. The van der Waals surface area contributed by atoms with E-state index in [2.05, 4.69) is 41.7 Å². The summed E-state index contributed by atoms with van der Waals surface area (Å²) in [6, 6.07) is 28.2. The number of aromatic nitrogens is 3. The Hall–Kier alpha value is -4.29. The number of halogens is 1. The predicted octanol–water partition coefficient (Wildman–Crippen LogP) is 12.9. The first-order chi connectivity index (χ1) is 31.4. The van der Waals surface area contributed by atoms with Gasteiger partial charge in [-0.25, -0.2) is 4.98 Å². The molecule has 3 aromatic carbocycles. The second kappa shape index (κ2) is 17.5. The minimum atomic E-state index is -2.41. The van der Waals surface area contributed by atoms with Crippen LogP contribution in [0.5, 0.6) is 0 Å². The van der Waals surface area contributed by atoms with Gasteiger partial charge in [0.15, 0.2) is 0 Å². The van der Waals surface area contributed by atoms with E-state index in [-0.39, 0.29) is 54.3 Å². The summed E-state index contributed by atoms with van der Waals surface area (Å²) in [6.45, 7) is 5.17. The monoisotopic (exact) mass is 974 g/mol. The maximum absolute atomic E-state index is 14.6. The van der Waals surface area contributed by atoms with Crippen LogP contribution in [0.4, 0.5) is 4.39 Å². The van der Waals surface area contributed by atoms with Crippen LogP contribution in [0.1, 0.15) is 81.9 Å². The number of hydrogen-bond donors (Lipinski definition) is 0. The first kappa shape index (κ1) is 30.7. The molecule has 2 bridgehead atoms. The molecular formula is C51H54FIrN3OSi-2. The Labute approximate surface area is 372 Å². The van der Waals surface area contributed by atoms with Gasteiger partial charge in [0.25, 0.3) is 0 Å². The van der Waals surface area contributed by atoms with Gasteiger partial charge in [0, 0.05) is 63.0 Å². The van der Waals surface area contributed by atoms with E-state index in [1.165, 1.54) is 25.0 Å². The summed E-state index contributed by atoms with van der Waals surface area (Å²) < 4.78 is 103. The van der Waals surface area contributed by atoms with Gasteiger partial charge in [-0.3, -0.25) is 4.39 Å².